The number of hydrazine groups is 2. The number of hydrogen-bond acceptors (Lipinski definition) is 4. The molecule has 9 heavy (non-hydrogen) atoms. The van der Waals surface area contributed by atoms with Gasteiger partial charge in [-0.1, -0.05) is 0 Å². The van der Waals surface area contributed by atoms with Crippen LogP contribution in [0.1, 0.15) is 0 Å². The van der Waals surface area contributed by atoms with Crippen LogP contribution < -0.4 is 16.7 Å². The van der Waals surface area contributed by atoms with Crippen LogP contribution in [0, 0.1) is 0 Å². The van der Waals surface area contributed by atoms with Crippen molar-refractivity contribution in [3.63, 3.8) is 0 Å². The second kappa shape index (κ2) is 2.60. The summed E-state index contributed by atoms with van der Waals surface area (Å²) in [6, 6.07) is -0.370. The van der Waals surface area contributed by atoms with E-state index >= 15 is 0 Å². The van der Waals surface area contributed by atoms with Gasteiger partial charge < -0.3 is 0 Å². The highest BCUT2D eigenvalue weighted by atomic mass is 32.2. The van der Waals surface area contributed by atoms with Crippen molar-refractivity contribution in [3.8, 4) is 0 Å². The average Bonchev–Trinajstić information content (AvgIpc) is 2.37. The predicted molar refractivity (Wildman–Crippen MR) is 34.4 cm³/mol. The van der Waals surface area contributed by atoms with Crippen LogP contribution in [0.5, 0.6) is 0 Å². The maximum absolute atomic E-state index is 10.6. The molecule has 0 saturated carbocycles. The molecular formula is C3H6N4OS. The van der Waals surface area contributed by atoms with Crippen molar-refractivity contribution in [2.75, 3.05) is 0 Å². The van der Waals surface area contributed by atoms with E-state index in [9.17, 15) is 4.79 Å². The first kappa shape index (κ1) is 6.24. The number of nitrogens with two attached hydrogens (primary N) is 1. The van der Waals surface area contributed by atoms with Gasteiger partial charge in [-0.3, -0.25) is 10.9 Å². The van der Waals surface area contributed by atoms with Gasteiger partial charge in [0, 0.05) is 23.6 Å². The first-order chi connectivity index (χ1) is 4.34. The third-order valence-corrected chi connectivity index (χ3v) is 1.47. The summed E-state index contributed by atoms with van der Waals surface area (Å²) in [4.78, 5) is 10.6. The number of nitrogens with zero attached hydrogens (tertiary/aromatic N) is 1. The highest BCUT2D eigenvalue weighted by Crippen LogP contribution is 2.12. The van der Waals surface area contributed by atoms with Gasteiger partial charge in [-0.25, -0.2) is 10.6 Å². The molecule has 0 unspecified atom stereocenters. The van der Waals surface area contributed by atoms with Crippen molar-refractivity contribution >= 4 is 18.0 Å². The Morgan fingerprint density at radius 3 is 3.11 bits per heavy atom. The fraction of sp³-hybridized carbons (Fsp3) is 0. The maximum Gasteiger partial charge on any atom is 0.361 e. The van der Waals surface area contributed by atoms with Crippen LogP contribution in [0.25, 0.3) is 0 Å². The van der Waals surface area contributed by atoms with Gasteiger partial charge in [0.05, 0.1) is 0 Å². The van der Waals surface area contributed by atoms with E-state index in [1.165, 1.54) is 16.4 Å². The summed E-state index contributed by atoms with van der Waals surface area (Å²) in [5, 5.41) is 1.73. The minimum absolute atomic E-state index is 0.370. The molecule has 1 rings (SSSR count). The molecule has 0 saturated heterocycles. The SMILES string of the molecule is NNC(=O)N1NC=CS1. The fourth-order valence-electron chi connectivity index (χ4n) is 0.385. The van der Waals surface area contributed by atoms with Crippen LogP contribution in [0.3, 0.4) is 0 Å². The summed E-state index contributed by atoms with van der Waals surface area (Å²) in [6.45, 7) is 0. The van der Waals surface area contributed by atoms with E-state index in [2.05, 4.69) is 5.43 Å². The van der Waals surface area contributed by atoms with Gasteiger partial charge in [-0.2, -0.15) is 4.41 Å². The van der Waals surface area contributed by atoms with Crippen LogP contribution in [-0.4, -0.2) is 10.4 Å². The van der Waals surface area contributed by atoms with Gasteiger partial charge >= 0.3 is 6.03 Å². The second-order valence-electron chi connectivity index (χ2n) is 1.28. The summed E-state index contributed by atoms with van der Waals surface area (Å²) in [5.41, 5.74) is 4.60. The van der Waals surface area contributed by atoms with Gasteiger partial charge in [-0.05, 0) is 0 Å². The van der Waals surface area contributed by atoms with Crippen LogP contribution in [0.4, 0.5) is 4.79 Å². The average molecular weight is 146 g/mol. The van der Waals surface area contributed by atoms with E-state index in [1.807, 2.05) is 5.43 Å². The van der Waals surface area contributed by atoms with Crippen LogP contribution in [-0.2, 0) is 0 Å². The molecule has 0 aromatic heterocycles. The van der Waals surface area contributed by atoms with Crippen molar-refractivity contribution < 1.29 is 4.79 Å². The van der Waals surface area contributed by atoms with Crippen molar-refractivity contribution in [2.24, 2.45) is 5.84 Å². The Labute approximate surface area is 56.3 Å². The molecular weight excluding hydrogens is 140 g/mol. The lowest BCUT2D eigenvalue weighted by Gasteiger charge is -2.11. The summed E-state index contributed by atoms with van der Waals surface area (Å²) in [5.74, 6) is 4.83. The van der Waals surface area contributed by atoms with Gasteiger partial charge in [-0.15, -0.1) is 0 Å². The lowest BCUT2D eigenvalue weighted by atomic mass is 11.0. The van der Waals surface area contributed by atoms with Crippen molar-refractivity contribution in [1.29, 1.82) is 0 Å². The molecule has 2 amide bonds. The Kier molecular flexibility index (Phi) is 1.81. The normalized spacial score (nSPS) is 15.4. The highest BCUT2D eigenvalue weighted by Gasteiger charge is 2.12. The van der Waals surface area contributed by atoms with Gasteiger partial charge in [0.1, 0.15) is 0 Å². The lowest BCUT2D eigenvalue weighted by molar-refractivity contribution is 0.221. The largest absolute Gasteiger partial charge is 0.361 e. The maximum atomic E-state index is 10.6. The first-order valence-corrected chi connectivity index (χ1v) is 3.07. The van der Waals surface area contributed by atoms with E-state index in [1.54, 1.807) is 11.6 Å². The van der Waals surface area contributed by atoms with Gasteiger partial charge in [0.2, 0.25) is 0 Å². The van der Waals surface area contributed by atoms with E-state index in [0.29, 0.717) is 0 Å². The van der Waals surface area contributed by atoms with Crippen LogP contribution in [0.2, 0.25) is 0 Å². The number of urea groups is 1. The van der Waals surface area contributed by atoms with Gasteiger partial charge in [0.15, 0.2) is 0 Å². The molecule has 1 aliphatic rings. The third kappa shape index (κ3) is 1.27. The summed E-state index contributed by atoms with van der Waals surface area (Å²) < 4.78 is 1.26. The molecule has 0 atom stereocenters. The smallest absolute Gasteiger partial charge is 0.291 e. The summed E-state index contributed by atoms with van der Waals surface area (Å²) in [6.07, 6.45) is 1.64. The first-order valence-electron chi connectivity index (χ1n) is 2.23. The van der Waals surface area contributed by atoms with E-state index in [-0.39, 0.29) is 6.03 Å². The standard InChI is InChI=1S/C3H6N4OS/c4-6-3(8)7-5-1-2-9-7/h1-2,5H,4H2,(H,6,8). The molecule has 0 fully saturated rings. The lowest BCUT2D eigenvalue weighted by Crippen LogP contribution is -2.42. The van der Waals surface area contributed by atoms with Crippen LogP contribution >= 0.6 is 11.9 Å². The Morgan fingerprint density at radius 2 is 2.67 bits per heavy atom. The van der Waals surface area contributed by atoms with Crippen molar-refractivity contribution in [1.82, 2.24) is 15.3 Å². The minimum Gasteiger partial charge on any atom is -0.291 e. The third-order valence-electron chi connectivity index (χ3n) is 0.734. The van der Waals surface area contributed by atoms with Crippen molar-refractivity contribution in [3.05, 3.63) is 11.6 Å². The Balaban J connectivity index is 2.36. The zero-order chi connectivity index (χ0) is 6.69. The number of hydrogen-bond donors (Lipinski definition) is 3. The molecule has 0 aromatic carbocycles. The Morgan fingerprint density at radius 1 is 1.89 bits per heavy atom. The quantitative estimate of drug-likeness (QED) is 0.187. The number of carbonyl (C=O) groups is 1. The van der Waals surface area contributed by atoms with Crippen LogP contribution in [0.15, 0.2) is 11.6 Å². The molecule has 5 nitrogen and oxygen atoms in total. The summed E-state index contributed by atoms with van der Waals surface area (Å²) >= 11 is 1.22. The molecule has 50 valence electrons. The van der Waals surface area contributed by atoms with Gasteiger partial charge in [0.25, 0.3) is 0 Å². The zero-order valence-electron chi connectivity index (χ0n) is 4.50. The monoisotopic (exact) mass is 146 g/mol. The topological polar surface area (TPSA) is 70.4 Å². The molecule has 4 N–H and O–H groups in total. The molecule has 0 radical (unpaired) electrons. The Bertz CT molecular complexity index is 139. The van der Waals surface area contributed by atoms with Crippen molar-refractivity contribution in [2.45, 2.75) is 0 Å². The predicted octanol–water partition coefficient (Wildman–Crippen LogP) is -0.491. The van der Waals surface area contributed by atoms with E-state index in [4.69, 9.17) is 5.84 Å². The molecule has 0 spiro atoms. The second-order valence-corrected chi connectivity index (χ2v) is 2.13. The fourth-order valence-corrected chi connectivity index (χ4v) is 0.899. The molecule has 6 heteroatoms. The molecule has 1 aliphatic heterocycles. The van der Waals surface area contributed by atoms with E-state index < -0.39 is 0 Å². The molecule has 0 bridgehead atoms. The zero-order valence-corrected chi connectivity index (χ0v) is 5.31. The molecule has 0 aliphatic carbocycles. The molecule has 1 heterocycles. The minimum atomic E-state index is -0.370. The number of carbonyl (C=O) groups excluding carboxylic acids is 1. The Hall–Kier alpha value is -0.880. The molecule has 0 aromatic rings. The highest BCUT2D eigenvalue weighted by molar-refractivity contribution is 8.00. The number of amides is 2. The summed E-state index contributed by atoms with van der Waals surface area (Å²) in [7, 11) is 0. The van der Waals surface area contributed by atoms with E-state index in [0.717, 1.165) is 0 Å². The number of rotatable bonds is 0. The number of nitrogens with one attached hydrogen (secondary N) is 2.